The zero-order chi connectivity index (χ0) is 19.1. The quantitative estimate of drug-likeness (QED) is 0.647. The molecule has 6 nitrogen and oxygen atoms in total. The molecule has 1 N–H and O–H groups in total. The van der Waals surface area contributed by atoms with Crippen molar-refractivity contribution >= 4 is 45.1 Å². The number of carbonyl (C=O) groups is 2. The normalized spacial score (nSPS) is 10.2. The number of hydrogen-bond donors (Lipinski definition) is 1. The van der Waals surface area contributed by atoms with Gasteiger partial charge in [-0.15, -0.1) is 0 Å². The van der Waals surface area contributed by atoms with Gasteiger partial charge in [-0.25, -0.2) is 4.79 Å². The van der Waals surface area contributed by atoms with Gasteiger partial charge in [0, 0.05) is 10.2 Å². The molecule has 0 unspecified atom stereocenters. The number of rotatable bonds is 7. The van der Waals surface area contributed by atoms with Gasteiger partial charge in [0.2, 0.25) is 0 Å². The van der Waals surface area contributed by atoms with E-state index in [0.29, 0.717) is 23.8 Å². The van der Waals surface area contributed by atoms with E-state index in [1.165, 1.54) is 19.2 Å². The van der Waals surface area contributed by atoms with Crippen molar-refractivity contribution in [1.82, 2.24) is 0 Å². The van der Waals surface area contributed by atoms with Crippen LogP contribution in [0.3, 0.4) is 0 Å². The predicted octanol–water partition coefficient (Wildman–Crippen LogP) is 4.31. The Bertz CT molecular complexity index is 795. The number of halogens is 2. The molecule has 0 aromatic heterocycles. The largest absolute Gasteiger partial charge is 0.493 e. The molecule has 0 aliphatic heterocycles. The Hall–Kier alpha value is -2.25. The number of nitrogens with one attached hydrogen (secondary N) is 1. The number of benzene rings is 2. The van der Waals surface area contributed by atoms with Crippen LogP contribution >= 0.6 is 27.5 Å². The number of methoxy groups -OCH3 is 1. The Morgan fingerprint density at radius 1 is 1.19 bits per heavy atom. The first kappa shape index (κ1) is 20.1. The van der Waals surface area contributed by atoms with Crippen molar-refractivity contribution in [2.75, 3.05) is 25.6 Å². The standard InChI is InChI=1S/C18H17BrClNO5/c1-3-25-17-14(20)8-11(9-15(17)24-2)18(23)26-10-16(22)21-13-6-4-12(19)5-7-13/h4-9H,3,10H2,1-2H3,(H,21,22). The number of ether oxygens (including phenoxy) is 3. The molecule has 0 atom stereocenters. The third kappa shape index (κ3) is 5.37. The fraction of sp³-hybridized carbons (Fsp3) is 0.222. The maximum Gasteiger partial charge on any atom is 0.338 e. The van der Waals surface area contributed by atoms with Crippen LogP contribution in [-0.4, -0.2) is 32.2 Å². The van der Waals surface area contributed by atoms with Crippen molar-refractivity contribution in [3.63, 3.8) is 0 Å². The molecule has 1 amide bonds. The highest BCUT2D eigenvalue weighted by Crippen LogP contribution is 2.36. The summed E-state index contributed by atoms with van der Waals surface area (Å²) in [5.74, 6) is -0.490. The van der Waals surface area contributed by atoms with Gasteiger partial charge in [-0.3, -0.25) is 4.79 Å². The maximum absolute atomic E-state index is 12.2. The van der Waals surface area contributed by atoms with Crippen LogP contribution in [0.25, 0.3) is 0 Å². The van der Waals surface area contributed by atoms with E-state index in [4.69, 9.17) is 25.8 Å². The van der Waals surface area contributed by atoms with Crippen molar-refractivity contribution in [2.45, 2.75) is 6.92 Å². The van der Waals surface area contributed by atoms with Crippen molar-refractivity contribution in [2.24, 2.45) is 0 Å². The molecule has 138 valence electrons. The van der Waals surface area contributed by atoms with Crippen LogP contribution in [0.4, 0.5) is 5.69 Å². The molecule has 26 heavy (non-hydrogen) atoms. The van der Waals surface area contributed by atoms with Crippen LogP contribution < -0.4 is 14.8 Å². The van der Waals surface area contributed by atoms with Gasteiger partial charge in [0.15, 0.2) is 18.1 Å². The molecule has 2 rings (SSSR count). The summed E-state index contributed by atoms with van der Waals surface area (Å²) in [7, 11) is 1.44. The summed E-state index contributed by atoms with van der Waals surface area (Å²) >= 11 is 9.43. The van der Waals surface area contributed by atoms with E-state index in [1.807, 2.05) is 6.92 Å². The molecule has 0 bridgehead atoms. The highest BCUT2D eigenvalue weighted by molar-refractivity contribution is 9.10. The van der Waals surface area contributed by atoms with Crippen LogP contribution in [0.5, 0.6) is 11.5 Å². The van der Waals surface area contributed by atoms with Crippen molar-refractivity contribution < 1.29 is 23.8 Å². The highest BCUT2D eigenvalue weighted by Gasteiger charge is 2.17. The van der Waals surface area contributed by atoms with Crippen LogP contribution in [0.15, 0.2) is 40.9 Å². The summed E-state index contributed by atoms with van der Waals surface area (Å²) in [5.41, 5.74) is 0.756. The molecular formula is C18H17BrClNO5. The first-order valence-corrected chi connectivity index (χ1v) is 8.84. The summed E-state index contributed by atoms with van der Waals surface area (Å²) in [6.45, 7) is 1.78. The van der Waals surface area contributed by atoms with Gasteiger partial charge in [0.05, 0.1) is 24.3 Å². The minimum absolute atomic E-state index is 0.159. The number of amides is 1. The number of esters is 1. The summed E-state index contributed by atoms with van der Waals surface area (Å²) in [6.07, 6.45) is 0. The van der Waals surface area contributed by atoms with Crippen molar-refractivity contribution in [1.29, 1.82) is 0 Å². The highest BCUT2D eigenvalue weighted by atomic mass is 79.9. The second-order valence-electron chi connectivity index (χ2n) is 5.05. The topological polar surface area (TPSA) is 73.9 Å². The van der Waals surface area contributed by atoms with E-state index >= 15 is 0 Å². The van der Waals surface area contributed by atoms with Gasteiger partial charge >= 0.3 is 5.97 Å². The molecule has 0 saturated heterocycles. The Kier molecular flexibility index (Phi) is 7.29. The van der Waals surface area contributed by atoms with Gasteiger partial charge in [-0.1, -0.05) is 27.5 Å². The summed E-state index contributed by atoms with van der Waals surface area (Å²) in [6, 6.07) is 9.88. The Balaban J connectivity index is 1.99. The maximum atomic E-state index is 12.2. The van der Waals surface area contributed by atoms with Crippen LogP contribution in [-0.2, 0) is 9.53 Å². The first-order valence-electron chi connectivity index (χ1n) is 7.67. The van der Waals surface area contributed by atoms with Gasteiger partial charge in [0.25, 0.3) is 5.91 Å². The molecule has 0 radical (unpaired) electrons. The van der Waals surface area contributed by atoms with E-state index in [1.54, 1.807) is 24.3 Å². The monoisotopic (exact) mass is 441 g/mol. The second kappa shape index (κ2) is 9.45. The number of anilines is 1. The molecule has 0 saturated carbocycles. The SMILES string of the molecule is CCOc1c(Cl)cc(C(=O)OCC(=O)Nc2ccc(Br)cc2)cc1OC. The molecule has 0 aliphatic carbocycles. The molecule has 0 fully saturated rings. The molecule has 2 aromatic rings. The lowest BCUT2D eigenvalue weighted by atomic mass is 10.2. The van der Waals surface area contributed by atoms with Gasteiger partial charge in [0.1, 0.15) is 0 Å². The number of carbonyl (C=O) groups excluding carboxylic acids is 2. The van der Waals surface area contributed by atoms with Crippen LogP contribution in [0.2, 0.25) is 5.02 Å². The Morgan fingerprint density at radius 2 is 1.88 bits per heavy atom. The zero-order valence-electron chi connectivity index (χ0n) is 14.2. The minimum atomic E-state index is -0.695. The molecular weight excluding hydrogens is 426 g/mol. The van der Waals surface area contributed by atoms with E-state index in [2.05, 4.69) is 21.2 Å². The van der Waals surface area contributed by atoms with Gasteiger partial charge < -0.3 is 19.5 Å². The first-order chi connectivity index (χ1) is 12.4. The van der Waals surface area contributed by atoms with E-state index in [-0.39, 0.29) is 10.6 Å². The Labute approximate surface area is 164 Å². The smallest absolute Gasteiger partial charge is 0.338 e. The minimum Gasteiger partial charge on any atom is -0.493 e. The third-order valence-corrected chi connectivity index (χ3v) is 4.03. The average molecular weight is 443 g/mol. The predicted molar refractivity (Wildman–Crippen MR) is 102 cm³/mol. The van der Waals surface area contributed by atoms with Crippen molar-refractivity contribution in [3.05, 3.63) is 51.5 Å². The van der Waals surface area contributed by atoms with Crippen molar-refractivity contribution in [3.8, 4) is 11.5 Å². The molecule has 8 heteroatoms. The molecule has 0 spiro atoms. The molecule has 0 heterocycles. The average Bonchev–Trinajstić information content (AvgIpc) is 2.63. The van der Waals surface area contributed by atoms with Gasteiger partial charge in [-0.2, -0.15) is 0 Å². The van der Waals surface area contributed by atoms with E-state index in [0.717, 1.165) is 4.47 Å². The second-order valence-corrected chi connectivity index (χ2v) is 6.38. The Morgan fingerprint density at radius 3 is 2.50 bits per heavy atom. The van der Waals surface area contributed by atoms with Crippen LogP contribution in [0, 0.1) is 0 Å². The fourth-order valence-corrected chi connectivity index (χ4v) is 2.60. The molecule has 0 aliphatic rings. The molecule has 2 aromatic carbocycles. The summed E-state index contributed by atoms with van der Waals surface area (Å²) in [5, 5.41) is 2.85. The summed E-state index contributed by atoms with van der Waals surface area (Å²) in [4.78, 5) is 24.1. The zero-order valence-corrected chi connectivity index (χ0v) is 16.5. The van der Waals surface area contributed by atoms with E-state index < -0.39 is 18.5 Å². The fourth-order valence-electron chi connectivity index (χ4n) is 2.07. The number of hydrogen-bond acceptors (Lipinski definition) is 5. The third-order valence-electron chi connectivity index (χ3n) is 3.22. The lowest BCUT2D eigenvalue weighted by molar-refractivity contribution is -0.119. The van der Waals surface area contributed by atoms with E-state index in [9.17, 15) is 9.59 Å². The lowest BCUT2D eigenvalue weighted by Crippen LogP contribution is -2.21. The lowest BCUT2D eigenvalue weighted by Gasteiger charge is -2.13. The summed E-state index contributed by atoms with van der Waals surface area (Å²) < 4.78 is 16.5. The van der Waals surface area contributed by atoms with Gasteiger partial charge in [-0.05, 0) is 43.3 Å². The van der Waals surface area contributed by atoms with Crippen LogP contribution in [0.1, 0.15) is 17.3 Å².